The quantitative estimate of drug-likeness (QED) is 0.794. The van der Waals surface area contributed by atoms with Crippen LogP contribution in [-0.4, -0.2) is 30.5 Å². The first-order valence-electron chi connectivity index (χ1n) is 6.29. The van der Waals surface area contributed by atoms with Crippen LogP contribution in [0.15, 0.2) is 5.38 Å². The third-order valence-corrected chi connectivity index (χ3v) is 3.92. The van der Waals surface area contributed by atoms with Crippen LogP contribution in [0.2, 0.25) is 0 Å². The van der Waals surface area contributed by atoms with Crippen LogP contribution < -0.4 is 0 Å². The second-order valence-electron chi connectivity index (χ2n) is 5.43. The van der Waals surface area contributed by atoms with Gasteiger partial charge in [-0.3, -0.25) is 4.79 Å². The normalized spacial score (nSPS) is 16.8. The average Bonchev–Trinajstić information content (AvgIpc) is 2.95. The number of hydrogen-bond donors (Lipinski definition) is 0. The van der Waals surface area contributed by atoms with Crippen LogP contribution in [-0.2, 0) is 31.0 Å². The van der Waals surface area contributed by atoms with Crippen LogP contribution in [0, 0.1) is 0 Å². The fourth-order valence-electron chi connectivity index (χ4n) is 1.59. The summed E-state index contributed by atoms with van der Waals surface area (Å²) in [5.74, 6) is -0.322. The second kappa shape index (κ2) is 5.98. The monoisotopic (exact) mass is 285 g/mol. The molecular formula is C13H19NO4S. The molecular weight excluding hydrogens is 266 g/mol. The van der Waals surface area contributed by atoms with Crippen molar-refractivity contribution in [2.24, 2.45) is 0 Å². The van der Waals surface area contributed by atoms with E-state index >= 15 is 0 Å². The molecule has 0 N–H and O–H groups in total. The molecule has 0 radical (unpaired) electrons. The molecule has 1 fully saturated rings. The molecule has 0 unspecified atom stereocenters. The standard InChI is InChI=1S/C13H19NO4S/c1-13(2,3)12-14-9(8-19-12)7-18-10(15)6-11-16-4-5-17-11/h8,11H,4-7H2,1-3H3. The highest BCUT2D eigenvalue weighted by molar-refractivity contribution is 7.09. The number of hydrogen-bond acceptors (Lipinski definition) is 6. The van der Waals surface area contributed by atoms with Crippen molar-refractivity contribution in [2.75, 3.05) is 13.2 Å². The van der Waals surface area contributed by atoms with Gasteiger partial charge in [-0.1, -0.05) is 20.8 Å². The molecule has 1 saturated heterocycles. The van der Waals surface area contributed by atoms with E-state index in [9.17, 15) is 4.79 Å². The van der Waals surface area contributed by atoms with Gasteiger partial charge in [-0.15, -0.1) is 11.3 Å². The van der Waals surface area contributed by atoms with Gasteiger partial charge in [0.05, 0.1) is 30.3 Å². The summed E-state index contributed by atoms with van der Waals surface area (Å²) < 4.78 is 15.5. The first-order valence-corrected chi connectivity index (χ1v) is 7.17. The molecule has 5 nitrogen and oxygen atoms in total. The molecule has 0 spiro atoms. The lowest BCUT2D eigenvalue weighted by Crippen LogP contribution is -2.16. The number of carbonyl (C=O) groups is 1. The number of aromatic nitrogens is 1. The van der Waals surface area contributed by atoms with E-state index in [0.717, 1.165) is 10.7 Å². The highest BCUT2D eigenvalue weighted by Gasteiger charge is 2.21. The van der Waals surface area contributed by atoms with Gasteiger partial charge < -0.3 is 14.2 Å². The lowest BCUT2D eigenvalue weighted by atomic mass is 9.98. The molecule has 1 aliphatic rings. The predicted molar refractivity (Wildman–Crippen MR) is 70.9 cm³/mol. The molecule has 1 aliphatic heterocycles. The molecule has 0 bridgehead atoms. The molecule has 2 heterocycles. The fourth-order valence-corrected chi connectivity index (χ4v) is 2.48. The maximum Gasteiger partial charge on any atom is 0.311 e. The maximum absolute atomic E-state index is 11.6. The summed E-state index contributed by atoms with van der Waals surface area (Å²) in [5, 5.41) is 2.97. The molecule has 0 aromatic carbocycles. The maximum atomic E-state index is 11.6. The zero-order valence-corrected chi connectivity index (χ0v) is 12.3. The van der Waals surface area contributed by atoms with Crippen molar-refractivity contribution >= 4 is 17.3 Å². The van der Waals surface area contributed by atoms with Gasteiger partial charge in [-0.2, -0.15) is 0 Å². The van der Waals surface area contributed by atoms with Gasteiger partial charge in [-0.25, -0.2) is 4.98 Å². The van der Waals surface area contributed by atoms with Gasteiger partial charge in [0.1, 0.15) is 6.61 Å². The Kier molecular flexibility index (Phi) is 4.54. The number of carbonyl (C=O) groups excluding carboxylic acids is 1. The second-order valence-corrected chi connectivity index (χ2v) is 6.29. The van der Waals surface area contributed by atoms with Crippen LogP contribution in [0.5, 0.6) is 0 Å². The Balaban J connectivity index is 1.78. The summed E-state index contributed by atoms with van der Waals surface area (Å²) in [7, 11) is 0. The van der Waals surface area contributed by atoms with Crippen molar-refractivity contribution in [1.29, 1.82) is 0 Å². The summed E-state index contributed by atoms with van der Waals surface area (Å²) in [6.07, 6.45) is -0.316. The molecule has 1 aromatic rings. The van der Waals surface area contributed by atoms with E-state index in [1.807, 2.05) is 5.38 Å². The van der Waals surface area contributed by atoms with Crippen LogP contribution in [0.3, 0.4) is 0 Å². The summed E-state index contributed by atoms with van der Waals surface area (Å²) in [6, 6.07) is 0. The minimum Gasteiger partial charge on any atom is -0.459 e. The minimum atomic E-state index is -0.451. The Labute approximate surface area is 116 Å². The van der Waals surface area contributed by atoms with E-state index in [4.69, 9.17) is 14.2 Å². The first kappa shape index (κ1) is 14.4. The minimum absolute atomic E-state index is 0.0262. The van der Waals surface area contributed by atoms with Gasteiger partial charge in [0, 0.05) is 10.8 Å². The Hall–Kier alpha value is -0.980. The van der Waals surface area contributed by atoms with Crippen LogP contribution in [0.25, 0.3) is 0 Å². The van der Waals surface area contributed by atoms with Crippen molar-refractivity contribution in [3.8, 4) is 0 Å². The van der Waals surface area contributed by atoms with Crippen molar-refractivity contribution in [3.05, 3.63) is 16.1 Å². The van der Waals surface area contributed by atoms with E-state index in [1.54, 1.807) is 11.3 Å². The Bertz CT molecular complexity index is 432. The molecule has 2 rings (SSSR count). The van der Waals surface area contributed by atoms with Crippen molar-refractivity contribution in [2.45, 2.75) is 45.5 Å². The Morgan fingerprint density at radius 2 is 2.16 bits per heavy atom. The van der Waals surface area contributed by atoms with Gasteiger partial charge in [0.25, 0.3) is 0 Å². The number of nitrogens with zero attached hydrogens (tertiary/aromatic N) is 1. The molecule has 0 aliphatic carbocycles. The summed E-state index contributed by atoms with van der Waals surface area (Å²) in [6.45, 7) is 7.61. The zero-order valence-electron chi connectivity index (χ0n) is 11.5. The summed E-state index contributed by atoms with van der Waals surface area (Å²) >= 11 is 1.59. The van der Waals surface area contributed by atoms with E-state index in [2.05, 4.69) is 25.8 Å². The molecule has 6 heteroatoms. The number of rotatable bonds is 4. The molecule has 19 heavy (non-hydrogen) atoms. The van der Waals surface area contributed by atoms with Gasteiger partial charge >= 0.3 is 5.97 Å². The topological polar surface area (TPSA) is 57.7 Å². The largest absolute Gasteiger partial charge is 0.459 e. The lowest BCUT2D eigenvalue weighted by Gasteiger charge is -2.13. The zero-order chi connectivity index (χ0) is 13.9. The SMILES string of the molecule is CC(C)(C)c1nc(COC(=O)CC2OCCO2)cs1. The number of esters is 1. The molecule has 0 amide bonds. The van der Waals surface area contributed by atoms with Gasteiger partial charge in [0.15, 0.2) is 6.29 Å². The van der Waals surface area contributed by atoms with Gasteiger partial charge in [0.2, 0.25) is 0 Å². The smallest absolute Gasteiger partial charge is 0.311 e. The number of thiazole rings is 1. The van der Waals surface area contributed by atoms with Crippen LogP contribution in [0.1, 0.15) is 37.9 Å². The Morgan fingerprint density at radius 3 is 2.74 bits per heavy atom. The summed E-state index contributed by atoms with van der Waals surface area (Å²) in [5.41, 5.74) is 0.815. The van der Waals surface area contributed by atoms with Crippen molar-refractivity contribution in [3.63, 3.8) is 0 Å². The third-order valence-electron chi connectivity index (χ3n) is 2.60. The van der Waals surface area contributed by atoms with Crippen LogP contribution in [0.4, 0.5) is 0 Å². The molecule has 0 saturated carbocycles. The number of ether oxygens (including phenoxy) is 3. The predicted octanol–water partition coefficient (Wildman–Crippen LogP) is 2.25. The average molecular weight is 285 g/mol. The molecule has 0 atom stereocenters. The van der Waals surface area contributed by atoms with E-state index in [1.165, 1.54) is 0 Å². The Morgan fingerprint density at radius 1 is 1.47 bits per heavy atom. The van der Waals surface area contributed by atoms with E-state index in [0.29, 0.717) is 13.2 Å². The fraction of sp³-hybridized carbons (Fsp3) is 0.692. The first-order chi connectivity index (χ1) is 8.95. The van der Waals surface area contributed by atoms with Crippen LogP contribution >= 0.6 is 11.3 Å². The highest BCUT2D eigenvalue weighted by Crippen LogP contribution is 2.25. The van der Waals surface area contributed by atoms with Crippen molar-refractivity contribution in [1.82, 2.24) is 4.98 Å². The van der Waals surface area contributed by atoms with Gasteiger partial charge in [-0.05, 0) is 0 Å². The van der Waals surface area contributed by atoms with E-state index in [-0.39, 0.29) is 24.4 Å². The molecule has 1 aromatic heterocycles. The van der Waals surface area contributed by atoms with Crippen molar-refractivity contribution < 1.29 is 19.0 Å². The third kappa shape index (κ3) is 4.26. The molecule has 106 valence electrons. The van der Waals surface area contributed by atoms with E-state index < -0.39 is 6.29 Å². The summed E-state index contributed by atoms with van der Waals surface area (Å²) in [4.78, 5) is 16.0. The highest BCUT2D eigenvalue weighted by atomic mass is 32.1. The lowest BCUT2D eigenvalue weighted by molar-refractivity contribution is -0.153.